The maximum absolute atomic E-state index is 12.2. The van der Waals surface area contributed by atoms with E-state index >= 15 is 0 Å². The van der Waals surface area contributed by atoms with E-state index in [9.17, 15) is 13.2 Å². The Morgan fingerprint density at radius 1 is 1.39 bits per heavy atom. The summed E-state index contributed by atoms with van der Waals surface area (Å²) in [5, 5.41) is 3.54. The first-order chi connectivity index (χ1) is 10.7. The molecule has 0 saturated carbocycles. The second-order valence-corrected chi connectivity index (χ2v) is 5.94. The Balaban J connectivity index is 2.00. The van der Waals surface area contributed by atoms with E-state index in [-0.39, 0.29) is 11.7 Å². The van der Waals surface area contributed by atoms with E-state index in [4.69, 9.17) is 5.73 Å². The molecule has 1 heterocycles. The van der Waals surface area contributed by atoms with Crippen LogP contribution < -0.4 is 15.8 Å². The van der Waals surface area contributed by atoms with Crippen LogP contribution in [0, 0.1) is 13.8 Å². The summed E-state index contributed by atoms with van der Waals surface area (Å²) in [5.41, 5.74) is 7.02. The Labute approximate surface area is 135 Å². The van der Waals surface area contributed by atoms with Gasteiger partial charge in [-0.05, 0) is 26.0 Å². The first-order valence-corrected chi connectivity index (χ1v) is 7.40. The van der Waals surface area contributed by atoms with Gasteiger partial charge in [-0.1, -0.05) is 6.07 Å². The number of alkyl halides is 3. The zero-order chi connectivity index (χ0) is 17.0. The summed E-state index contributed by atoms with van der Waals surface area (Å²) < 4.78 is 40.4. The molecule has 0 atom stereocenters. The van der Waals surface area contributed by atoms with Crippen LogP contribution in [0.4, 0.5) is 18.9 Å². The number of hydrogen-bond donors (Lipinski definition) is 2. The minimum atomic E-state index is -4.74. The number of nitrogens with one attached hydrogen (secondary N) is 1. The first kappa shape index (κ1) is 17.1. The molecule has 0 fully saturated rings. The van der Waals surface area contributed by atoms with Crippen molar-refractivity contribution in [2.24, 2.45) is 10.7 Å². The third-order valence-electron chi connectivity index (χ3n) is 2.80. The molecule has 2 rings (SSSR count). The molecule has 0 aliphatic carbocycles. The number of anilines is 1. The van der Waals surface area contributed by atoms with Crippen LogP contribution in [0.2, 0.25) is 0 Å². The molecular formula is C14H15F3N4OS. The summed E-state index contributed by atoms with van der Waals surface area (Å²) in [5.74, 6) is -0.249. The van der Waals surface area contributed by atoms with Crippen molar-refractivity contribution < 1.29 is 17.9 Å². The zero-order valence-corrected chi connectivity index (χ0v) is 13.3. The van der Waals surface area contributed by atoms with Gasteiger partial charge < -0.3 is 15.8 Å². The summed E-state index contributed by atoms with van der Waals surface area (Å²) in [6.45, 7) is 4.18. The van der Waals surface area contributed by atoms with Crippen molar-refractivity contribution in [3.05, 3.63) is 39.8 Å². The lowest BCUT2D eigenvalue weighted by Gasteiger charge is -2.10. The van der Waals surface area contributed by atoms with Crippen molar-refractivity contribution in [3.63, 3.8) is 0 Å². The van der Waals surface area contributed by atoms with Crippen LogP contribution in [0.25, 0.3) is 0 Å². The summed E-state index contributed by atoms with van der Waals surface area (Å²) in [4.78, 5) is 9.55. The van der Waals surface area contributed by atoms with Crippen molar-refractivity contribution in [3.8, 4) is 5.75 Å². The van der Waals surface area contributed by atoms with Crippen LogP contribution in [0.15, 0.2) is 29.3 Å². The number of aryl methyl sites for hydroxylation is 2. The number of aliphatic imine (C=N–C) groups is 1. The fraction of sp³-hybridized carbons (Fsp3) is 0.286. The van der Waals surface area contributed by atoms with Crippen molar-refractivity contribution in [2.75, 3.05) is 5.32 Å². The van der Waals surface area contributed by atoms with Crippen molar-refractivity contribution in [1.82, 2.24) is 4.98 Å². The number of benzene rings is 1. The second kappa shape index (κ2) is 6.86. The van der Waals surface area contributed by atoms with Gasteiger partial charge in [0.25, 0.3) is 0 Å². The fourth-order valence-electron chi connectivity index (χ4n) is 1.72. The maximum atomic E-state index is 12.2. The monoisotopic (exact) mass is 344 g/mol. The van der Waals surface area contributed by atoms with Crippen LogP contribution >= 0.6 is 11.3 Å². The summed E-state index contributed by atoms with van der Waals surface area (Å²) in [6.07, 6.45) is -4.74. The highest BCUT2D eigenvalue weighted by Crippen LogP contribution is 2.25. The first-order valence-electron chi connectivity index (χ1n) is 6.58. The highest BCUT2D eigenvalue weighted by Gasteiger charge is 2.31. The largest absolute Gasteiger partial charge is 0.573 e. The average Bonchev–Trinajstić information content (AvgIpc) is 2.74. The Morgan fingerprint density at radius 2 is 2.13 bits per heavy atom. The Bertz CT molecular complexity index is 693. The molecule has 0 aliphatic rings. The minimum Gasteiger partial charge on any atom is -0.406 e. The lowest BCUT2D eigenvalue weighted by Crippen LogP contribution is -2.23. The zero-order valence-electron chi connectivity index (χ0n) is 12.4. The van der Waals surface area contributed by atoms with Gasteiger partial charge in [-0.2, -0.15) is 0 Å². The summed E-state index contributed by atoms with van der Waals surface area (Å²) >= 11 is 1.52. The molecule has 5 nitrogen and oxygen atoms in total. The van der Waals surface area contributed by atoms with Crippen molar-refractivity contribution >= 4 is 23.0 Å². The van der Waals surface area contributed by atoms with E-state index in [2.05, 4.69) is 20.0 Å². The summed E-state index contributed by atoms with van der Waals surface area (Å²) in [7, 11) is 0. The lowest BCUT2D eigenvalue weighted by molar-refractivity contribution is -0.274. The van der Waals surface area contributed by atoms with Crippen molar-refractivity contribution in [1.29, 1.82) is 0 Å². The van der Waals surface area contributed by atoms with Crippen LogP contribution in [-0.2, 0) is 6.54 Å². The van der Waals surface area contributed by atoms with Gasteiger partial charge in [0.1, 0.15) is 10.8 Å². The van der Waals surface area contributed by atoms with Crippen LogP contribution in [0.3, 0.4) is 0 Å². The van der Waals surface area contributed by atoms with Crippen molar-refractivity contribution in [2.45, 2.75) is 26.8 Å². The number of nitrogens with zero attached hydrogens (tertiary/aromatic N) is 2. The number of rotatable bonds is 4. The van der Waals surface area contributed by atoms with Gasteiger partial charge in [0.15, 0.2) is 5.96 Å². The van der Waals surface area contributed by atoms with Gasteiger partial charge in [0.05, 0.1) is 12.2 Å². The highest BCUT2D eigenvalue weighted by molar-refractivity contribution is 7.11. The SMILES string of the molecule is Cc1nc(CN=C(N)Nc2cccc(OC(F)(F)F)c2)sc1C. The van der Waals surface area contributed by atoms with Gasteiger partial charge in [0.2, 0.25) is 0 Å². The molecule has 9 heteroatoms. The summed E-state index contributed by atoms with van der Waals surface area (Å²) in [6, 6.07) is 5.37. The molecule has 0 saturated heterocycles. The topological polar surface area (TPSA) is 72.5 Å². The quantitative estimate of drug-likeness (QED) is 0.657. The highest BCUT2D eigenvalue weighted by atomic mass is 32.1. The third kappa shape index (κ3) is 5.44. The van der Waals surface area contributed by atoms with Gasteiger partial charge in [-0.3, -0.25) is 0 Å². The average molecular weight is 344 g/mol. The smallest absolute Gasteiger partial charge is 0.406 e. The Morgan fingerprint density at radius 3 is 2.74 bits per heavy atom. The molecule has 0 bridgehead atoms. The molecule has 0 unspecified atom stereocenters. The number of hydrogen-bond acceptors (Lipinski definition) is 4. The van der Waals surface area contributed by atoms with Gasteiger partial charge in [-0.15, -0.1) is 24.5 Å². The van der Waals surface area contributed by atoms with Crippen LogP contribution in [0.1, 0.15) is 15.6 Å². The van der Waals surface area contributed by atoms with Gasteiger partial charge >= 0.3 is 6.36 Å². The number of halogens is 3. The number of thiazole rings is 1. The molecule has 1 aromatic heterocycles. The molecule has 0 amide bonds. The predicted octanol–water partition coefficient (Wildman–Crippen LogP) is 3.59. The normalized spacial score (nSPS) is 12.3. The fourth-order valence-corrected chi connectivity index (χ4v) is 2.58. The van der Waals surface area contributed by atoms with E-state index in [0.29, 0.717) is 12.2 Å². The molecule has 3 N–H and O–H groups in total. The van der Waals surface area contributed by atoms with E-state index in [1.165, 1.54) is 29.5 Å². The molecule has 0 aliphatic heterocycles. The van der Waals surface area contributed by atoms with E-state index < -0.39 is 6.36 Å². The molecule has 0 radical (unpaired) electrons. The standard InChI is InChI=1S/C14H15F3N4OS/c1-8-9(2)23-12(20-8)7-19-13(18)21-10-4-3-5-11(6-10)22-14(15,16)17/h3-6H,7H2,1-2H3,(H3,18,19,21). The molecule has 124 valence electrons. The minimum absolute atomic E-state index is 0.0830. The number of ether oxygens (including phenoxy) is 1. The Kier molecular flexibility index (Phi) is 5.09. The maximum Gasteiger partial charge on any atom is 0.573 e. The van der Waals surface area contributed by atoms with E-state index in [0.717, 1.165) is 15.6 Å². The predicted molar refractivity (Wildman–Crippen MR) is 83.7 cm³/mol. The van der Waals surface area contributed by atoms with E-state index in [1.807, 2.05) is 13.8 Å². The van der Waals surface area contributed by atoms with Gasteiger partial charge in [0, 0.05) is 16.6 Å². The molecule has 1 aromatic carbocycles. The van der Waals surface area contributed by atoms with Crippen LogP contribution in [-0.4, -0.2) is 17.3 Å². The Hall–Kier alpha value is -2.29. The number of guanidine groups is 1. The van der Waals surface area contributed by atoms with E-state index in [1.54, 1.807) is 6.07 Å². The molecular weight excluding hydrogens is 329 g/mol. The number of nitrogens with two attached hydrogens (primary N) is 1. The second-order valence-electron chi connectivity index (χ2n) is 4.65. The number of aromatic nitrogens is 1. The third-order valence-corrected chi connectivity index (χ3v) is 3.86. The molecule has 2 aromatic rings. The lowest BCUT2D eigenvalue weighted by atomic mass is 10.3. The van der Waals surface area contributed by atoms with Gasteiger partial charge in [-0.25, -0.2) is 9.98 Å². The molecule has 0 spiro atoms. The molecule has 23 heavy (non-hydrogen) atoms. The van der Waals surface area contributed by atoms with Crippen LogP contribution in [0.5, 0.6) is 5.75 Å².